The van der Waals surface area contributed by atoms with Crippen LogP contribution in [-0.4, -0.2) is 21.8 Å². The van der Waals surface area contributed by atoms with Crippen LogP contribution < -0.4 is 19.1 Å². The molecule has 0 bridgehead atoms. The minimum absolute atomic E-state index is 0.0550. The molecule has 1 heterocycles. The van der Waals surface area contributed by atoms with Crippen LogP contribution >= 0.6 is 0 Å². The van der Waals surface area contributed by atoms with E-state index in [1.54, 1.807) is 38.3 Å². The molecule has 0 aliphatic heterocycles. The van der Waals surface area contributed by atoms with Crippen molar-refractivity contribution in [3.05, 3.63) is 58.4 Å². The summed E-state index contributed by atoms with van der Waals surface area (Å²) in [5.74, 6) is 1.50. The molecule has 8 heteroatoms. The zero-order valence-corrected chi connectivity index (χ0v) is 15.1. The lowest BCUT2D eigenvalue weighted by Crippen LogP contribution is -2.09. The van der Waals surface area contributed by atoms with Crippen molar-refractivity contribution < 1.29 is 26.5 Å². The molecule has 3 aromatic rings. The molecule has 0 spiro atoms. The topological polar surface area (TPSA) is 92.0 Å². The van der Waals surface area contributed by atoms with Crippen LogP contribution in [0.5, 0.6) is 23.0 Å². The Bertz CT molecular complexity index is 1110. The SMILES string of the molecule is COc1ccc(Oc2c(C)oc3cc(OS(C)(=O)=O)ccc3c2=O)cc1. The Hall–Kier alpha value is -3.00. The third-order valence-electron chi connectivity index (χ3n) is 3.51. The van der Waals surface area contributed by atoms with Crippen LogP contribution in [0.1, 0.15) is 5.76 Å². The molecule has 26 heavy (non-hydrogen) atoms. The highest BCUT2D eigenvalue weighted by molar-refractivity contribution is 7.86. The average Bonchev–Trinajstić information content (AvgIpc) is 2.57. The van der Waals surface area contributed by atoms with Gasteiger partial charge in [0.1, 0.15) is 28.6 Å². The zero-order chi connectivity index (χ0) is 18.9. The highest BCUT2D eigenvalue weighted by atomic mass is 32.2. The van der Waals surface area contributed by atoms with Gasteiger partial charge in [-0.2, -0.15) is 8.42 Å². The number of fused-ring (bicyclic) bond motifs is 1. The number of ether oxygens (including phenoxy) is 2. The lowest BCUT2D eigenvalue weighted by molar-refractivity contribution is 0.410. The predicted octanol–water partition coefficient (Wildman–Crippen LogP) is 3.24. The van der Waals surface area contributed by atoms with E-state index in [0.717, 1.165) is 6.26 Å². The molecule has 0 saturated heterocycles. The molecule has 2 aromatic carbocycles. The molecule has 0 unspecified atom stereocenters. The molecule has 0 radical (unpaired) electrons. The molecule has 3 rings (SSSR count). The molecular weight excluding hydrogens is 360 g/mol. The molecule has 0 aliphatic carbocycles. The van der Waals surface area contributed by atoms with Crippen molar-refractivity contribution >= 4 is 21.1 Å². The fourth-order valence-electron chi connectivity index (χ4n) is 2.37. The fraction of sp³-hybridized carbons (Fsp3) is 0.167. The minimum Gasteiger partial charge on any atom is -0.497 e. The number of methoxy groups -OCH3 is 1. The van der Waals surface area contributed by atoms with Gasteiger partial charge in [-0.15, -0.1) is 0 Å². The van der Waals surface area contributed by atoms with Gasteiger partial charge in [-0.25, -0.2) is 0 Å². The van der Waals surface area contributed by atoms with Gasteiger partial charge in [0.05, 0.1) is 18.8 Å². The molecule has 0 saturated carbocycles. The van der Waals surface area contributed by atoms with Gasteiger partial charge in [-0.3, -0.25) is 4.79 Å². The second kappa shape index (κ2) is 6.72. The van der Waals surface area contributed by atoms with Crippen LogP contribution in [0, 0.1) is 6.92 Å². The summed E-state index contributed by atoms with van der Waals surface area (Å²) in [6, 6.07) is 10.9. The Morgan fingerprint density at radius 3 is 2.19 bits per heavy atom. The van der Waals surface area contributed by atoms with Crippen molar-refractivity contribution in [3.63, 3.8) is 0 Å². The van der Waals surface area contributed by atoms with E-state index in [9.17, 15) is 13.2 Å². The highest BCUT2D eigenvalue weighted by Crippen LogP contribution is 2.28. The Balaban J connectivity index is 2.01. The van der Waals surface area contributed by atoms with E-state index in [0.29, 0.717) is 11.5 Å². The van der Waals surface area contributed by atoms with E-state index in [-0.39, 0.29) is 33.7 Å². The molecule has 0 fully saturated rings. The van der Waals surface area contributed by atoms with Crippen molar-refractivity contribution in [2.75, 3.05) is 13.4 Å². The maximum Gasteiger partial charge on any atom is 0.306 e. The van der Waals surface area contributed by atoms with Crippen molar-refractivity contribution in [2.45, 2.75) is 6.92 Å². The van der Waals surface area contributed by atoms with Gasteiger partial charge >= 0.3 is 10.1 Å². The van der Waals surface area contributed by atoms with Crippen LogP contribution in [0.2, 0.25) is 0 Å². The minimum atomic E-state index is -3.68. The first-order valence-electron chi connectivity index (χ1n) is 7.55. The smallest absolute Gasteiger partial charge is 0.306 e. The predicted molar refractivity (Wildman–Crippen MR) is 95.8 cm³/mol. The Labute approximate surface area is 149 Å². The van der Waals surface area contributed by atoms with E-state index in [1.807, 2.05) is 0 Å². The Morgan fingerprint density at radius 1 is 0.962 bits per heavy atom. The molecule has 136 valence electrons. The summed E-state index contributed by atoms with van der Waals surface area (Å²) >= 11 is 0. The van der Waals surface area contributed by atoms with Crippen molar-refractivity contribution in [3.8, 4) is 23.0 Å². The van der Waals surface area contributed by atoms with Crippen LogP contribution in [0.3, 0.4) is 0 Å². The van der Waals surface area contributed by atoms with Gasteiger partial charge in [0.25, 0.3) is 0 Å². The first-order valence-corrected chi connectivity index (χ1v) is 9.37. The number of benzene rings is 2. The largest absolute Gasteiger partial charge is 0.497 e. The monoisotopic (exact) mass is 376 g/mol. The molecule has 7 nitrogen and oxygen atoms in total. The van der Waals surface area contributed by atoms with Crippen LogP contribution in [0.15, 0.2) is 51.7 Å². The number of rotatable bonds is 5. The number of hydrogen-bond acceptors (Lipinski definition) is 7. The summed E-state index contributed by atoms with van der Waals surface area (Å²) in [6.45, 7) is 1.59. The lowest BCUT2D eigenvalue weighted by atomic mass is 10.2. The quantitative estimate of drug-likeness (QED) is 0.631. The number of hydrogen-bond donors (Lipinski definition) is 0. The summed E-state index contributed by atoms with van der Waals surface area (Å²) in [5.41, 5.74) is -0.166. The third-order valence-corrected chi connectivity index (χ3v) is 4.01. The van der Waals surface area contributed by atoms with Crippen molar-refractivity contribution in [2.24, 2.45) is 0 Å². The van der Waals surface area contributed by atoms with E-state index < -0.39 is 10.1 Å². The Kier molecular flexibility index (Phi) is 4.60. The van der Waals surface area contributed by atoms with Gasteiger partial charge in [0, 0.05) is 6.07 Å². The molecule has 0 amide bonds. The second-order valence-electron chi connectivity index (χ2n) is 5.54. The van der Waals surface area contributed by atoms with Gasteiger partial charge < -0.3 is 18.1 Å². The molecule has 0 aliphatic rings. The summed E-state index contributed by atoms with van der Waals surface area (Å²) in [5, 5.41) is 0.250. The summed E-state index contributed by atoms with van der Waals surface area (Å²) in [7, 11) is -2.12. The van der Waals surface area contributed by atoms with Crippen LogP contribution in [-0.2, 0) is 10.1 Å². The summed E-state index contributed by atoms with van der Waals surface area (Å²) < 4.78 is 43.6. The van der Waals surface area contributed by atoms with Crippen LogP contribution in [0.25, 0.3) is 11.0 Å². The first-order chi connectivity index (χ1) is 12.3. The molecule has 0 N–H and O–H groups in total. The van der Waals surface area contributed by atoms with Gasteiger partial charge in [-0.1, -0.05) is 0 Å². The van der Waals surface area contributed by atoms with Gasteiger partial charge in [-0.05, 0) is 43.3 Å². The third kappa shape index (κ3) is 3.80. The number of aryl methyl sites for hydroxylation is 1. The van der Waals surface area contributed by atoms with Crippen LogP contribution in [0.4, 0.5) is 0 Å². The van der Waals surface area contributed by atoms with Gasteiger partial charge in [0.15, 0.2) is 0 Å². The molecule has 1 aromatic heterocycles. The standard InChI is InChI=1S/C18H16O7S/c1-11-18(24-13-6-4-12(22-2)5-7-13)17(19)15-9-8-14(10-16(15)23-11)25-26(3,20)21/h4-10H,1-3H3. The van der Waals surface area contributed by atoms with E-state index in [2.05, 4.69) is 0 Å². The average molecular weight is 376 g/mol. The van der Waals surface area contributed by atoms with Crippen molar-refractivity contribution in [1.29, 1.82) is 0 Å². The summed E-state index contributed by atoms with van der Waals surface area (Å²) in [6.07, 6.45) is 0.935. The normalized spacial score (nSPS) is 11.3. The fourth-order valence-corrected chi connectivity index (χ4v) is 2.83. The van der Waals surface area contributed by atoms with E-state index >= 15 is 0 Å². The lowest BCUT2D eigenvalue weighted by Gasteiger charge is -2.10. The highest BCUT2D eigenvalue weighted by Gasteiger charge is 2.15. The van der Waals surface area contributed by atoms with E-state index in [4.69, 9.17) is 18.1 Å². The van der Waals surface area contributed by atoms with Gasteiger partial charge in [0.2, 0.25) is 11.2 Å². The van der Waals surface area contributed by atoms with E-state index in [1.165, 1.54) is 18.2 Å². The first kappa shape index (κ1) is 17.8. The Morgan fingerprint density at radius 2 is 1.58 bits per heavy atom. The maximum atomic E-state index is 12.7. The maximum absolute atomic E-state index is 12.7. The molecule has 0 atom stereocenters. The van der Waals surface area contributed by atoms with Crippen molar-refractivity contribution in [1.82, 2.24) is 0 Å². The summed E-state index contributed by atoms with van der Waals surface area (Å²) in [4.78, 5) is 12.7. The molecular formula is C18H16O7S. The second-order valence-corrected chi connectivity index (χ2v) is 7.11. The zero-order valence-electron chi connectivity index (χ0n) is 14.3.